The smallest absolute Gasteiger partial charge is 0.242 e. The molecule has 1 fully saturated rings. The van der Waals surface area contributed by atoms with Crippen molar-refractivity contribution in [3.05, 3.63) is 54.5 Å². The average molecular weight is 349 g/mol. The Balaban J connectivity index is 1.47. The molecule has 26 heavy (non-hydrogen) atoms. The van der Waals surface area contributed by atoms with E-state index in [1.54, 1.807) is 6.33 Å². The van der Waals surface area contributed by atoms with Gasteiger partial charge in [-0.25, -0.2) is 9.97 Å². The first-order valence-corrected chi connectivity index (χ1v) is 9.06. The van der Waals surface area contributed by atoms with Crippen molar-refractivity contribution in [3.63, 3.8) is 0 Å². The molecule has 1 saturated heterocycles. The molecule has 1 aliphatic heterocycles. The number of amides is 1. The average Bonchev–Trinajstić information content (AvgIpc) is 3.11. The zero-order valence-corrected chi connectivity index (χ0v) is 14.9. The summed E-state index contributed by atoms with van der Waals surface area (Å²) in [6, 6.07) is 12.1. The Hall–Kier alpha value is -2.89. The van der Waals surface area contributed by atoms with Crippen LogP contribution in [0, 0.1) is 0 Å². The van der Waals surface area contributed by atoms with Crippen LogP contribution in [-0.2, 0) is 11.3 Å². The van der Waals surface area contributed by atoms with Crippen LogP contribution in [0.3, 0.4) is 0 Å². The number of imidazole rings is 1. The zero-order chi connectivity index (χ0) is 17.9. The molecule has 6 heteroatoms. The summed E-state index contributed by atoms with van der Waals surface area (Å²) in [6.45, 7) is 1.93. The third-order valence-electron chi connectivity index (χ3n) is 5.12. The summed E-state index contributed by atoms with van der Waals surface area (Å²) < 4.78 is 1.94. The Kier molecular flexibility index (Phi) is 4.56. The van der Waals surface area contributed by atoms with Crippen LogP contribution in [0.25, 0.3) is 11.0 Å². The minimum absolute atomic E-state index is 0.153. The van der Waals surface area contributed by atoms with E-state index in [1.165, 1.54) is 5.56 Å². The Bertz CT molecular complexity index is 919. The lowest BCUT2D eigenvalue weighted by atomic mass is 9.91. The summed E-state index contributed by atoms with van der Waals surface area (Å²) in [5.74, 6) is 1.39. The van der Waals surface area contributed by atoms with Gasteiger partial charge in [0, 0.05) is 32.3 Å². The van der Waals surface area contributed by atoms with E-state index in [1.807, 2.05) is 47.0 Å². The van der Waals surface area contributed by atoms with Crippen LogP contribution in [-0.4, -0.2) is 45.5 Å². The van der Waals surface area contributed by atoms with Gasteiger partial charge in [0.25, 0.3) is 0 Å². The molecule has 1 atom stereocenters. The van der Waals surface area contributed by atoms with Crippen molar-refractivity contribution in [1.82, 2.24) is 19.4 Å². The van der Waals surface area contributed by atoms with Crippen LogP contribution in [0.5, 0.6) is 0 Å². The number of hydrogen-bond donors (Lipinski definition) is 1. The number of nitrogens with one attached hydrogen (secondary N) is 1. The van der Waals surface area contributed by atoms with Gasteiger partial charge in [-0.3, -0.25) is 4.79 Å². The summed E-state index contributed by atoms with van der Waals surface area (Å²) in [5.41, 5.74) is 3.17. The van der Waals surface area contributed by atoms with Crippen LogP contribution in [0.15, 0.2) is 48.9 Å². The Morgan fingerprint density at radius 2 is 2.15 bits per heavy atom. The van der Waals surface area contributed by atoms with E-state index in [0.717, 1.165) is 42.8 Å². The minimum Gasteiger partial charge on any atom is -0.373 e. The fourth-order valence-corrected chi connectivity index (χ4v) is 3.70. The van der Waals surface area contributed by atoms with Crippen molar-refractivity contribution in [1.29, 1.82) is 0 Å². The van der Waals surface area contributed by atoms with Gasteiger partial charge in [0.05, 0.1) is 17.4 Å². The number of aromatic nitrogens is 3. The van der Waals surface area contributed by atoms with E-state index in [4.69, 9.17) is 0 Å². The molecule has 3 aromatic rings. The minimum atomic E-state index is 0.153. The number of fused-ring (bicyclic) bond motifs is 1. The Labute approximate surface area is 152 Å². The number of carbonyl (C=O) groups is 1. The molecule has 2 aromatic heterocycles. The van der Waals surface area contributed by atoms with E-state index in [2.05, 4.69) is 27.4 Å². The molecule has 1 aromatic carbocycles. The van der Waals surface area contributed by atoms with Crippen LogP contribution in [0.4, 0.5) is 5.82 Å². The van der Waals surface area contributed by atoms with Crippen LogP contribution in [0.2, 0.25) is 0 Å². The molecule has 0 radical (unpaired) electrons. The van der Waals surface area contributed by atoms with E-state index in [-0.39, 0.29) is 5.91 Å². The standard InChI is InChI=1S/C20H23N5O/c1-21-19-11-15(8-9-22-19)16-5-4-10-24(12-16)20(26)13-25-14-23-17-6-2-3-7-18(17)25/h2-3,6-9,11,14,16H,4-5,10,12-13H2,1H3,(H,21,22)/t16-/m1/s1. The molecule has 134 valence electrons. The fourth-order valence-electron chi connectivity index (χ4n) is 3.70. The van der Waals surface area contributed by atoms with Gasteiger partial charge in [-0.15, -0.1) is 0 Å². The topological polar surface area (TPSA) is 63.1 Å². The van der Waals surface area contributed by atoms with E-state index in [9.17, 15) is 4.79 Å². The lowest BCUT2D eigenvalue weighted by Crippen LogP contribution is -2.40. The highest BCUT2D eigenvalue weighted by molar-refractivity contribution is 5.80. The van der Waals surface area contributed by atoms with Gasteiger partial charge in [0.2, 0.25) is 5.91 Å². The van der Waals surface area contributed by atoms with Crippen molar-refractivity contribution in [3.8, 4) is 0 Å². The summed E-state index contributed by atoms with van der Waals surface area (Å²) in [6.07, 6.45) is 5.72. The number of benzene rings is 1. The number of likely N-dealkylation sites (tertiary alicyclic amines) is 1. The van der Waals surface area contributed by atoms with Crippen molar-refractivity contribution in [2.75, 3.05) is 25.5 Å². The molecular formula is C20H23N5O. The maximum Gasteiger partial charge on any atom is 0.242 e. The molecule has 0 aliphatic carbocycles. The molecule has 1 amide bonds. The summed E-state index contributed by atoms with van der Waals surface area (Å²) in [7, 11) is 1.87. The number of hydrogen-bond acceptors (Lipinski definition) is 4. The van der Waals surface area contributed by atoms with Crippen LogP contribution < -0.4 is 5.32 Å². The first-order valence-electron chi connectivity index (χ1n) is 9.06. The second kappa shape index (κ2) is 7.15. The summed E-state index contributed by atoms with van der Waals surface area (Å²) in [4.78, 5) is 23.5. The monoisotopic (exact) mass is 349 g/mol. The number of anilines is 1. The van der Waals surface area contributed by atoms with Gasteiger partial charge in [0.15, 0.2) is 0 Å². The molecule has 1 aliphatic rings. The van der Waals surface area contributed by atoms with Crippen LogP contribution >= 0.6 is 0 Å². The summed E-state index contributed by atoms with van der Waals surface area (Å²) >= 11 is 0. The predicted octanol–water partition coefficient (Wildman–Crippen LogP) is 2.88. The maximum absolute atomic E-state index is 12.9. The quantitative estimate of drug-likeness (QED) is 0.787. The number of piperidine rings is 1. The third-order valence-corrected chi connectivity index (χ3v) is 5.12. The predicted molar refractivity (Wildman–Crippen MR) is 102 cm³/mol. The van der Waals surface area contributed by atoms with Crippen molar-refractivity contribution >= 4 is 22.8 Å². The number of carbonyl (C=O) groups excluding carboxylic acids is 1. The van der Waals surface area contributed by atoms with Crippen molar-refractivity contribution in [2.24, 2.45) is 0 Å². The maximum atomic E-state index is 12.9. The lowest BCUT2D eigenvalue weighted by molar-refractivity contribution is -0.133. The number of nitrogens with zero attached hydrogens (tertiary/aromatic N) is 4. The second-order valence-corrected chi connectivity index (χ2v) is 6.76. The molecule has 1 N–H and O–H groups in total. The molecule has 0 bridgehead atoms. The molecule has 0 spiro atoms. The molecule has 4 rings (SSSR count). The normalized spacial score (nSPS) is 17.4. The van der Waals surface area contributed by atoms with Crippen molar-refractivity contribution in [2.45, 2.75) is 25.3 Å². The van der Waals surface area contributed by atoms with E-state index < -0.39 is 0 Å². The Morgan fingerprint density at radius 1 is 1.27 bits per heavy atom. The van der Waals surface area contributed by atoms with E-state index >= 15 is 0 Å². The number of rotatable bonds is 4. The molecule has 3 heterocycles. The largest absolute Gasteiger partial charge is 0.373 e. The highest BCUT2D eigenvalue weighted by Crippen LogP contribution is 2.28. The third kappa shape index (κ3) is 3.27. The van der Waals surface area contributed by atoms with Gasteiger partial charge in [0.1, 0.15) is 12.4 Å². The van der Waals surface area contributed by atoms with Gasteiger partial charge in [-0.2, -0.15) is 0 Å². The Morgan fingerprint density at radius 3 is 3.04 bits per heavy atom. The number of para-hydroxylation sites is 2. The highest BCUT2D eigenvalue weighted by Gasteiger charge is 2.25. The first kappa shape index (κ1) is 16.6. The molecule has 0 unspecified atom stereocenters. The molecule has 6 nitrogen and oxygen atoms in total. The molecule has 0 saturated carbocycles. The van der Waals surface area contributed by atoms with Crippen molar-refractivity contribution < 1.29 is 4.79 Å². The zero-order valence-electron chi connectivity index (χ0n) is 14.9. The van der Waals surface area contributed by atoms with Gasteiger partial charge < -0.3 is 14.8 Å². The van der Waals surface area contributed by atoms with Gasteiger partial charge >= 0.3 is 0 Å². The van der Waals surface area contributed by atoms with Gasteiger partial charge in [-0.1, -0.05) is 12.1 Å². The number of pyridine rings is 1. The highest BCUT2D eigenvalue weighted by atomic mass is 16.2. The lowest BCUT2D eigenvalue weighted by Gasteiger charge is -2.33. The summed E-state index contributed by atoms with van der Waals surface area (Å²) in [5, 5.41) is 3.09. The molecular weight excluding hydrogens is 326 g/mol. The second-order valence-electron chi connectivity index (χ2n) is 6.76. The first-order chi connectivity index (χ1) is 12.7. The fraction of sp³-hybridized carbons (Fsp3) is 0.350. The van der Waals surface area contributed by atoms with Crippen LogP contribution in [0.1, 0.15) is 24.3 Å². The van der Waals surface area contributed by atoms with E-state index in [0.29, 0.717) is 12.5 Å². The SMILES string of the molecule is CNc1cc([C@@H]2CCCN(C(=O)Cn3cnc4ccccc43)C2)ccn1. The van der Waals surface area contributed by atoms with Gasteiger partial charge in [-0.05, 0) is 42.7 Å².